The summed E-state index contributed by atoms with van der Waals surface area (Å²) in [4.78, 5) is 12.4. The maximum absolute atomic E-state index is 13.3. The van der Waals surface area contributed by atoms with Crippen LogP contribution in [0.1, 0.15) is 12.5 Å². The molecule has 2 aromatic carbocycles. The van der Waals surface area contributed by atoms with Gasteiger partial charge >= 0.3 is 0 Å². The van der Waals surface area contributed by atoms with Crippen LogP contribution in [0.4, 0.5) is 10.1 Å². The predicted molar refractivity (Wildman–Crippen MR) is 95.1 cm³/mol. The number of anilines is 1. The fourth-order valence-electron chi connectivity index (χ4n) is 2.50. The molecule has 0 fully saturated rings. The SMILES string of the molecule is C[C@](O)(Cn1ncc2cc(F)ccc21)C(=O)Nc1ccc(C#N)c(Cl)c1. The number of amides is 1. The molecule has 0 aliphatic carbocycles. The first kappa shape index (κ1) is 17.9. The quantitative estimate of drug-likeness (QED) is 0.736. The normalized spacial score (nSPS) is 13.2. The topological polar surface area (TPSA) is 90.9 Å². The Morgan fingerprint density at radius 2 is 2.19 bits per heavy atom. The van der Waals surface area contributed by atoms with Crippen LogP contribution in [0.15, 0.2) is 42.6 Å². The number of carbonyl (C=O) groups excluding carboxylic acids is 1. The molecule has 0 aliphatic rings. The molecule has 2 N–H and O–H groups in total. The molecule has 1 amide bonds. The molecule has 3 aromatic rings. The first-order chi connectivity index (χ1) is 12.3. The number of nitrogens with one attached hydrogen (secondary N) is 1. The molecule has 1 atom stereocenters. The number of nitrogens with zero attached hydrogens (tertiary/aromatic N) is 3. The Hall–Kier alpha value is -2.95. The zero-order valence-corrected chi connectivity index (χ0v) is 14.5. The van der Waals surface area contributed by atoms with E-state index in [9.17, 15) is 14.3 Å². The summed E-state index contributed by atoms with van der Waals surface area (Å²) in [6.07, 6.45) is 1.47. The Morgan fingerprint density at radius 3 is 2.88 bits per heavy atom. The zero-order valence-electron chi connectivity index (χ0n) is 13.7. The van der Waals surface area contributed by atoms with Gasteiger partial charge in [0, 0.05) is 11.1 Å². The molecule has 8 heteroatoms. The molecular weight excluding hydrogens is 359 g/mol. The van der Waals surface area contributed by atoms with E-state index < -0.39 is 11.5 Å². The third-order valence-corrected chi connectivity index (χ3v) is 4.21. The lowest BCUT2D eigenvalue weighted by atomic mass is 10.1. The maximum Gasteiger partial charge on any atom is 0.257 e. The van der Waals surface area contributed by atoms with E-state index in [1.54, 1.807) is 0 Å². The lowest BCUT2D eigenvalue weighted by Gasteiger charge is -2.22. The van der Waals surface area contributed by atoms with Gasteiger partial charge in [0.2, 0.25) is 0 Å². The molecule has 3 rings (SSSR count). The lowest BCUT2D eigenvalue weighted by Crippen LogP contribution is -2.44. The van der Waals surface area contributed by atoms with Crippen LogP contribution in [0.5, 0.6) is 0 Å². The summed E-state index contributed by atoms with van der Waals surface area (Å²) in [5.41, 5.74) is -0.549. The van der Waals surface area contributed by atoms with Gasteiger partial charge in [-0.2, -0.15) is 10.4 Å². The summed E-state index contributed by atoms with van der Waals surface area (Å²) < 4.78 is 14.7. The largest absolute Gasteiger partial charge is 0.378 e. The number of nitriles is 1. The molecule has 1 heterocycles. The van der Waals surface area contributed by atoms with E-state index in [1.807, 2.05) is 6.07 Å². The van der Waals surface area contributed by atoms with E-state index >= 15 is 0 Å². The minimum absolute atomic E-state index is 0.127. The summed E-state index contributed by atoms with van der Waals surface area (Å²) in [6.45, 7) is 1.22. The van der Waals surface area contributed by atoms with Crippen LogP contribution in [0.3, 0.4) is 0 Å². The number of aromatic nitrogens is 2. The highest BCUT2D eigenvalue weighted by molar-refractivity contribution is 6.32. The van der Waals surface area contributed by atoms with Crippen molar-refractivity contribution in [1.29, 1.82) is 5.26 Å². The number of hydrogen-bond donors (Lipinski definition) is 2. The third-order valence-electron chi connectivity index (χ3n) is 3.90. The first-order valence-electron chi connectivity index (χ1n) is 7.65. The second-order valence-corrected chi connectivity index (χ2v) is 6.45. The smallest absolute Gasteiger partial charge is 0.257 e. The minimum Gasteiger partial charge on any atom is -0.378 e. The summed E-state index contributed by atoms with van der Waals surface area (Å²) in [7, 11) is 0. The number of hydrogen-bond acceptors (Lipinski definition) is 4. The fourth-order valence-corrected chi connectivity index (χ4v) is 2.72. The van der Waals surface area contributed by atoms with E-state index in [2.05, 4.69) is 10.4 Å². The van der Waals surface area contributed by atoms with Crippen LogP contribution in [-0.4, -0.2) is 26.4 Å². The molecular formula is C18H14ClFN4O2. The molecule has 6 nitrogen and oxygen atoms in total. The molecule has 0 saturated heterocycles. The van der Waals surface area contributed by atoms with Gasteiger partial charge in [-0.05, 0) is 43.3 Å². The first-order valence-corrected chi connectivity index (χ1v) is 8.02. The molecule has 0 saturated carbocycles. The molecule has 0 spiro atoms. The number of rotatable bonds is 4. The van der Waals surface area contributed by atoms with E-state index in [1.165, 1.54) is 54.2 Å². The predicted octanol–water partition coefficient (Wildman–Crippen LogP) is 3.09. The van der Waals surface area contributed by atoms with Crippen molar-refractivity contribution in [2.75, 3.05) is 5.32 Å². The molecule has 26 heavy (non-hydrogen) atoms. The Kier molecular flexibility index (Phi) is 4.64. The maximum atomic E-state index is 13.3. The van der Waals surface area contributed by atoms with Crippen LogP contribution < -0.4 is 5.32 Å². The summed E-state index contributed by atoms with van der Waals surface area (Å²) in [5, 5.41) is 26.9. The average molecular weight is 373 g/mol. The third kappa shape index (κ3) is 3.52. The molecule has 132 valence electrons. The van der Waals surface area contributed by atoms with Crippen LogP contribution in [0.2, 0.25) is 5.02 Å². The lowest BCUT2D eigenvalue weighted by molar-refractivity contribution is -0.133. The average Bonchev–Trinajstić information content (AvgIpc) is 2.96. The Labute approximate surface area is 153 Å². The van der Waals surface area contributed by atoms with E-state index in [0.29, 0.717) is 16.6 Å². The number of fused-ring (bicyclic) bond motifs is 1. The van der Waals surface area contributed by atoms with Crippen molar-refractivity contribution >= 4 is 34.1 Å². The van der Waals surface area contributed by atoms with Gasteiger partial charge in [0.05, 0.1) is 28.8 Å². The monoisotopic (exact) mass is 372 g/mol. The molecule has 0 bridgehead atoms. The van der Waals surface area contributed by atoms with Gasteiger partial charge in [0.25, 0.3) is 5.91 Å². The van der Waals surface area contributed by atoms with E-state index in [4.69, 9.17) is 16.9 Å². The second-order valence-electron chi connectivity index (χ2n) is 6.04. The number of carbonyl (C=O) groups is 1. The molecule has 0 aliphatic heterocycles. The minimum atomic E-state index is -1.78. The van der Waals surface area contributed by atoms with Gasteiger partial charge in [0.1, 0.15) is 11.9 Å². The van der Waals surface area contributed by atoms with Crippen molar-refractivity contribution in [2.45, 2.75) is 19.1 Å². The molecule has 0 unspecified atom stereocenters. The summed E-state index contributed by atoms with van der Waals surface area (Å²) in [5.74, 6) is -1.05. The van der Waals surface area contributed by atoms with Gasteiger partial charge in [-0.3, -0.25) is 9.48 Å². The molecule has 0 radical (unpaired) electrons. The molecule has 1 aromatic heterocycles. The van der Waals surface area contributed by atoms with Crippen LogP contribution in [0.25, 0.3) is 10.9 Å². The van der Waals surface area contributed by atoms with Gasteiger partial charge in [-0.15, -0.1) is 0 Å². The Morgan fingerprint density at radius 1 is 1.42 bits per heavy atom. The van der Waals surface area contributed by atoms with Gasteiger partial charge in [-0.25, -0.2) is 4.39 Å². The summed E-state index contributed by atoms with van der Waals surface area (Å²) >= 11 is 5.94. The highest BCUT2D eigenvalue weighted by Crippen LogP contribution is 2.22. The van der Waals surface area contributed by atoms with Gasteiger partial charge in [-0.1, -0.05) is 11.6 Å². The van der Waals surface area contributed by atoms with Crippen molar-refractivity contribution in [3.05, 3.63) is 59.0 Å². The number of aliphatic hydroxyl groups is 1. The highest BCUT2D eigenvalue weighted by atomic mass is 35.5. The van der Waals surface area contributed by atoms with Crippen molar-refractivity contribution in [2.24, 2.45) is 0 Å². The zero-order chi connectivity index (χ0) is 18.9. The van der Waals surface area contributed by atoms with E-state index in [-0.39, 0.29) is 22.9 Å². The number of halogens is 2. The van der Waals surface area contributed by atoms with Crippen LogP contribution >= 0.6 is 11.6 Å². The second kappa shape index (κ2) is 6.75. The van der Waals surface area contributed by atoms with Gasteiger partial charge in [0.15, 0.2) is 5.60 Å². The number of benzene rings is 2. The highest BCUT2D eigenvalue weighted by Gasteiger charge is 2.32. The fraction of sp³-hybridized carbons (Fsp3) is 0.167. The van der Waals surface area contributed by atoms with Crippen LogP contribution in [-0.2, 0) is 11.3 Å². The van der Waals surface area contributed by atoms with Gasteiger partial charge < -0.3 is 10.4 Å². The van der Waals surface area contributed by atoms with E-state index in [0.717, 1.165) is 0 Å². The van der Waals surface area contributed by atoms with Crippen LogP contribution in [0, 0.1) is 17.1 Å². The Bertz CT molecular complexity index is 1040. The Balaban J connectivity index is 1.79. The van der Waals surface area contributed by atoms with Crippen molar-refractivity contribution in [1.82, 2.24) is 9.78 Å². The standard InChI is InChI=1S/C18H14ClFN4O2/c1-18(26,10-24-16-5-3-13(20)6-12(16)9-22-24)17(25)23-14-4-2-11(8-21)15(19)7-14/h2-7,9,26H,10H2,1H3,(H,23,25)/t18-/m0/s1. The van der Waals surface area contributed by atoms with Crippen molar-refractivity contribution in [3.8, 4) is 6.07 Å². The summed E-state index contributed by atoms with van der Waals surface area (Å²) in [6, 6.07) is 10.5. The van der Waals surface area contributed by atoms with Crippen molar-refractivity contribution < 1.29 is 14.3 Å². The van der Waals surface area contributed by atoms with Crippen molar-refractivity contribution in [3.63, 3.8) is 0 Å².